The van der Waals surface area contributed by atoms with Crippen molar-refractivity contribution < 1.29 is 4.79 Å². The van der Waals surface area contributed by atoms with Crippen LogP contribution in [0.4, 0.5) is 0 Å². The number of hydrogen-bond donors (Lipinski definition) is 0. The Morgan fingerprint density at radius 1 is 1.04 bits per heavy atom. The third kappa shape index (κ3) is 2.52. The maximum absolute atomic E-state index is 12.0. The van der Waals surface area contributed by atoms with Gasteiger partial charge in [0.15, 0.2) is 0 Å². The highest BCUT2D eigenvalue weighted by atomic mass is 16.1. The summed E-state index contributed by atoms with van der Waals surface area (Å²) in [4.78, 5) is 24.6. The van der Waals surface area contributed by atoms with Crippen molar-refractivity contribution in [1.29, 1.82) is 0 Å². The van der Waals surface area contributed by atoms with Crippen LogP contribution in [0.3, 0.4) is 0 Å². The molecule has 2 heterocycles. The SMILES string of the molecule is Cc1cccc(-c2ccccc2C2C=CC3=NC=NC(=O)C3=C2)n1. The van der Waals surface area contributed by atoms with E-state index in [0.29, 0.717) is 11.3 Å². The summed E-state index contributed by atoms with van der Waals surface area (Å²) in [5, 5.41) is 0. The summed E-state index contributed by atoms with van der Waals surface area (Å²) in [6.07, 6.45) is 7.20. The van der Waals surface area contributed by atoms with Gasteiger partial charge in [0.1, 0.15) is 6.34 Å². The molecule has 1 aliphatic carbocycles. The van der Waals surface area contributed by atoms with Crippen LogP contribution in [0.15, 0.2) is 76.3 Å². The quantitative estimate of drug-likeness (QED) is 0.850. The van der Waals surface area contributed by atoms with Gasteiger partial charge in [0.2, 0.25) is 0 Å². The molecule has 2 aromatic rings. The Labute approximate surface area is 140 Å². The van der Waals surface area contributed by atoms with E-state index in [4.69, 9.17) is 0 Å². The van der Waals surface area contributed by atoms with Gasteiger partial charge in [0.25, 0.3) is 5.91 Å². The molecule has 4 rings (SSSR count). The molecular formula is C20H15N3O. The number of nitrogens with zero attached hydrogens (tertiary/aromatic N) is 3. The van der Waals surface area contributed by atoms with E-state index in [2.05, 4.69) is 33.2 Å². The van der Waals surface area contributed by atoms with Crippen molar-refractivity contribution in [3.05, 3.63) is 77.5 Å². The van der Waals surface area contributed by atoms with Crippen LogP contribution in [0, 0.1) is 6.92 Å². The molecule has 1 aliphatic heterocycles. The number of pyridine rings is 1. The molecule has 2 aliphatic rings. The normalized spacial score (nSPS) is 18.9. The van der Waals surface area contributed by atoms with Crippen LogP contribution in [-0.4, -0.2) is 22.9 Å². The standard InChI is InChI=1S/C20H15N3O/c1-13-5-4-8-19(23-13)16-7-3-2-6-15(16)14-9-10-18-17(11-14)20(24)22-12-21-18/h2-12,14H,1H3. The Hall–Kier alpha value is -3.14. The maximum atomic E-state index is 12.0. The van der Waals surface area contributed by atoms with E-state index in [1.54, 1.807) is 0 Å². The van der Waals surface area contributed by atoms with Gasteiger partial charge in [-0.1, -0.05) is 42.5 Å². The molecule has 0 fully saturated rings. The van der Waals surface area contributed by atoms with Crippen molar-refractivity contribution in [3.8, 4) is 11.3 Å². The van der Waals surface area contributed by atoms with E-state index >= 15 is 0 Å². The minimum atomic E-state index is -0.236. The average Bonchev–Trinajstić information content (AvgIpc) is 2.62. The van der Waals surface area contributed by atoms with Crippen molar-refractivity contribution in [3.63, 3.8) is 0 Å². The number of carbonyl (C=O) groups is 1. The highest BCUT2D eigenvalue weighted by Gasteiger charge is 2.23. The summed E-state index contributed by atoms with van der Waals surface area (Å²) in [6, 6.07) is 14.1. The first-order valence-corrected chi connectivity index (χ1v) is 7.80. The van der Waals surface area contributed by atoms with Gasteiger partial charge in [0, 0.05) is 17.2 Å². The molecule has 0 spiro atoms. The lowest BCUT2D eigenvalue weighted by Gasteiger charge is -2.20. The Balaban J connectivity index is 1.80. The molecule has 1 aromatic heterocycles. The van der Waals surface area contributed by atoms with Crippen LogP contribution < -0.4 is 0 Å². The summed E-state index contributed by atoms with van der Waals surface area (Å²) < 4.78 is 0. The average molecular weight is 313 g/mol. The summed E-state index contributed by atoms with van der Waals surface area (Å²) in [7, 11) is 0. The maximum Gasteiger partial charge on any atom is 0.280 e. The highest BCUT2D eigenvalue weighted by Crippen LogP contribution is 2.33. The molecule has 1 unspecified atom stereocenters. The molecule has 0 N–H and O–H groups in total. The lowest BCUT2D eigenvalue weighted by Crippen LogP contribution is -2.18. The second-order valence-corrected chi connectivity index (χ2v) is 5.78. The van der Waals surface area contributed by atoms with Crippen LogP contribution in [0.5, 0.6) is 0 Å². The Bertz CT molecular complexity index is 951. The molecule has 1 atom stereocenters. The molecule has 24 heavy (non-hydrogen) atoms. The third-order valence-electron chi connectivity index (χ3n) is 4.17. The smallest absolute Gasteiger partial charge is 0.267 e. The number of fused-ring (bicyclic) bond motifs is 1. The summed E-state index contributed by atoms with van der Waals surface area (Å²) in [5.41, 5.74) is 5.34. The van der Waals surface area contributed by atoms with Gasteiger partial charge in [-0.3, -0.25) is 9.78 Å². The lowest BCUT2D eigenvalue weighted by atomic mass is 9.86. The number of hydrogen-bond acceptors (Lipinski definition) is 3. The van der Waals surface area contributed by atoms with Crippen LogP contribution >= 0.6 is 0 Å². The van der Waals surface area contributed by atoms with Gasteiger partial charge in [-0.2, -0.15) is 4.99 Å². The van der Waals surface area contributed by atoms with E-state index < -0.39 is 0 Å². The van der Waals surface area contributed by atoms with E-state index in [1.165, 1.54) is 6.34 Å². The predicted molar refractivity (Wildman–Crippen MR) is 95.3 cm³/mol. The number of aliphatic imine (C=N–C) groups is 2. The first-order valence-electron chi connectivity index (χ1n) is 7.80. The first-order chi connectivity index (χ1) is 11.7. The number of rotatable bonds is 2. The highest BCUT2D eigenvalue weighted by molar-refractivity contribution is 6.30. The van der Waals surface area contributed by atoms with Crippen molar-refractivity contribution >= 4 is 18.0 Å². The zero-order valence-corrected chi connectivity index (χ0v) is 13.2. The van der Waals surface area contributed by atoms with E-state index in [-0.39, 0.29) is 11.8 Å². The van der Waals surface area contributed by atoms with Crippen molar-refractivity contribution in [2.45, 2.75) is 12.8 Å². The zero-order valence-electron chi connectivity index (χ0n) is 13.2. The topological polar surface area (TPSA) is 54.7 Å². The largest absolute Gasteiger partial charge is 0.280 e. The molecule has 4 heteroatoms. The van der Waals surface area contributed by atoms with Crippen LogP contribution in [0.25, 0.3) is 11.3 Å². The van der Waals surface area contributed by atoms with Crippen LogP contribution in [0.1, 0.15) is 17.2 Å². The number of carbonyl (C=O) groups excluding carboxylic acids is 1. The summed E-state index contributed by atoms with van der Waals surface area (Å²) in [6.45, 7) is 1.98. The summed E-state index contributed by atoms with van der Waals surface area (Å²) >= 11 is 0. The molecule has 4 nitrogen and oxygen atoms in total. The van der Waals surface area contributed by atoms with E-state index in [1.807, 2.05) is 49.4 Å². The van der Waals surface area contributed by atoms with E-state index in [9.17, 15) is 4.79 Å². The van der Waals surface area contributed by atoms with Gasteiger partial charge in [-0.05, 0) is 30.7 Å². The van der Waals surface area contributed by atoms with Gasteiger partial charge in [-0.25, -0.2) is 4.99 Å². The second-order valence-electron chi connectivity index (χ2n) is 5.78. The molecule has 1 aromatic carbocycles. The molecule has 1 amide bonds. The molecule has 0 bridgehead atoms. The number of allylic oxidation sites excluding steroid dienone is 3. The number of aromatic nitrogens is 1. The van der Waals surface area contributed by atoms with Gasteiger partial charge in [-0.15, -0.1) is 0 Å². The molecule has 0 radical (unpaired) electrons. The predicted octanol–water partition coefficient (Wildman–Crippen LogP) is 3.65. The fourth-order valence-electron chi connectivity index (χ4n) is 3.02. The van der Waals surface area contributed by atoms with Crippen molar-refractivity contribution in [2.24, 2.45) is 9.98 Å². The van der Waals surface area contributed by atoms with Crippen molar-refractivity contribution in [1.82, 2.24) is 4.98 Å². The number of amides is 1. The van der Waals surface area contributed by atoms with Gasteiger partial charge in [0.05, 0.1) is 17.0 Å². The Morgan fingerprint density at radius 2 is 1.92 bits per heavy atom. The molecule has 116 valence electrons. The number of aryl methyl sites for hydroxylation is 1. The summed E-state index contributed by atoms with van der Waals surface area (Å²) in [5.74, 6) is -0.241. The lowest BCUT2D eigenvalue weighted by molar-refractivity contribution is -0.113. The Kier molecular flexibility index (Phi) is 3.50. The molecule has 0 saturated heterocycles. The molecule has 0 saturated carbocycles. The minimum Gasteiger partial charge on any atom is -0.267 e. The third-order valence-corrected chi connectivity index (χ3v) is 4.17. The van der Waals surface area contributed by atoms with Gasteiger partial charge < -0.3 is 0 Å². The molecular weight excluding hydrogens is 298 g/mol. The second kappa shape index (κ2) is 5.81. The van der Waals surface area contributed by atoms with Crippen LogP contribution in [-0.2, 0) is 4.79 Å². The minimum absolute atomic E-state index is 0.00490. The zero-order chi connectivity index (χ0) is 16.5. The first kappa shape index (κ1) is 14.5. The monoisotopic (exact) mass is 313 g/mol. The fourth-order valence-corrected chi connectivity index (χ4v) is 3.02. The van der Waals surface area contributed by atoms with Gasteiger partial charge >= 0.3 is 0 Å². The van der Waals surface area contributed by atoms with E-state index in [0.717, 1.165) is 22.5 Å². The Morgan fingerprint density at radius 3 is 2.79 bits per heavy atom. The fraction of sp³-hybridized carbons (Fsp3) is 0.100. The number of benzene rings is 1. The van der Waals surface area contributed by atoms with Crippen LogP contribution in [0.2, 0.25) is 0 Å². The van der Waals surface area contributed by atoms with Crippen molar-refractivity contribution in [2.75, 3.05) is 0 Å².